The van der Waals surface area contributed by atoms with Crippen LogP contribution >= 0.6 is 0 Å². The Labute approximate surface area is 110 Å². The van der Waals surface area contributed by atoms with Gasteiger partial charge in [0.2, 0.25) is 0 Å². The molecule has 1 spiro atoms. The highest BCUT2D eigenvalue weighted by molar-refractivity contribution is 5.22. The second kappa shape index (κ2) is 3.31. The monoisotopic (exact) mass is 254 g/mol. The van der Waals surface area contributed by atoms with Crippen LogP contribution in [-0.4, -0.2) is 33.1 Å². The van der Waals surface area contributed by atoms with Crippen molar-refractivity contribution in [3.63, 3.8) is 0 Å². The van der Waals surface area contributed by atoms with Crippen molar-refractivity contribution in [2.45, 2.75) is 82.7 Å². The molecule has 5 atom stereocenters. The van der Waals surface area contributed by atoms with Crippen molar-refractivity contribution >= 4 is 0 Å². The van der Waals surface area contributed by atoms with Gasteiger partial charge in [-0.05, 0) is 64.2 Å². The van der Waals surface area contributed by atoms with E-state index >= 15 is 0 Å². The second-order valence-electron chi connectivity index (χ2n) is 7.73. The van der Waals surface area contributed by atoms with E-state index in [1.54, 1.807) is 6.92 Å². The summed E-state index contributed by atoms with van der Waals surface area (Å²) in [5, 5.41) is 21.2. The summed E-state index contributed by atoms with van der Waals surface area (Å²) >= 11 is 0. The summed E-state index contributed by atoms with van der Waals surface area (Å²) in [6, 6.07) is 0. The Balaban J connectivity index is 2.12. The normalized spacial score (nSPS) is 58.3. The molecule has 2 aliphatic carbocycles. The van der Waals surface area contributed by atoms with Crippen LogP contribution in [0.4, 0.5) is 0 Å². The van der Waals surface area contributed by atoms with E-state index in [1.807, 2.05) is 0 Å². The zero-order valence-corrected chi connectivity index (χ0v) is 12.0. The molecule has 2 N–H and O–H groups in total. The minimum Gasteiger partial charge on any atom is -0.390 e. The van der Waals surface area contributed by atoms with Crippen molar-refractivity contribution in [2.24, 2.45) is 11.3 Å². The van der Waals surface area contributed by atoms with Crippen molar-refractivity contribution in [1.29, 1.82) is 0 Å². The molecule has 0 aromatic rings. The maximum Gasteiger partial charge on any atom is 0.117 e. The van der Waals surface area contributed by atoms with E-state index < -0.39 is 17.3 Å². The summed E-state index contributed by atoms with van der Waals surface area (Å²) < 4.78 is 6.44. The van der Waals surface area contributed by atoms with Crippen molar-refractivity contribution in [1.82, 2.24) is 0 Å². The highest BCUT2D eigenvalue weighted by Gasteiger charge is 2.72. The smallest absolute Gasteiger partial charge is 0.117 e. The molecule has 2 saturated carbocycles. The Morgan fingerprint density at radius 2 is 1.67 bits per heavy atom. The molecule has 1 heterocycles. The first kappa shape index (κ1) is 12.9. The van der Waals surface area contributed by atoms with Crippen molar-refractivity contribution < 1.29 is 14.9 Å². The van der Waals surface area contributed by atoms with Crippen LogP contribution in [0, 0.1) is 11.3 Å². The first-order chi connectivity index (χ1) is 8.15. The first-order valence-electron chi connectivity index (χ1n) is 7.25. The number of fused-ring (bicyclic) bond motifs is 1. The van der Waals surface area contributed by atoms with Gasteiger partial charge in [0.05, 0.1) is 11.7 Å². The van der Waals surface area contributed by atoms with Gasteiger partial charge in [-0.2, -0.15) is 0 Å². The molecule has 1 aliphatic heterocycles. The van der Waals surface area contributed by atoms with E-state index in [0.717, 1.165) is 19.3 Å². The van der Waals surface area contributed by atoms with E-state index in [2.05, 4.69) is 20.8 Å². The molecule has 0 aromatic heterocycles. The van der Waals surface area contributed by atoms with E-state index in [9.17, 15) is 10.2 Å². The largest absolute Gasteiger partial charge is 0.390 e. The van der Waals surface area contributed by atoms with Gasteiger partial charge in [-0.1, -0.05) is 6.92 Å². The summed E-state index contributed by atoms with van der Waals surface area (Å²) in [7, 11) is 0. The van der Waals surface area contributed by atoms with Gasteiger partial charge in [0.15, 0.2) is 0 Å². The zero-order chi connectivity index (χ0) is 13.4. The number of hydrogen-bond donors (Lipinski definition) is 2. The predicted octanol–water partition coefficient (Wildman–Crippen LogP) is 2.25. The number of aliphatic hydroxyl groups excluding tert-OH is 1. The third kappa shape index (κ3) is 1.26. The van der Waals surface area contributed by atoms with Gasteiger partial charge >= 0.3 is 0 Å². The number of aliphatic hydroxyl groups is 2. The molecule has 0 radical (unpaired) electrons. The van der Waals surface area contributed by atoms with Gasteiger partial charge in [-0.3, -0.25) is 0 Å². The maximum atomic E-state index is 10.9. The molecule has 104 valence electrons. The van der Waals surface area contributed by atoms with E-state index in [-0.39, 0.29) is 11.0 Å². The number of ether oxygens (including phenoxy) is 1. The van der Waals surface area contributed by atoms with Gasteiger partial charge < -0.3 is 14.9 Å². The lowest BCUT2D eigenvalue weighted by Gasteiger charge is -2.60. The molecule has 3 rings (SSSR count). The maximum absolute atomic E-state index is 10.9. The fourth-order valence-corrected chi connectivity index (χ4v) is 4.93. The summed E-state index contributed by atoms with van der Waals surface area (Å²) in [6.07, 6.45) is 4.13. The minimum absolute atomic E-state index is 0. The highest BCUT2D eigenvalue weighted by atomic mass is 16.6. The lowest BCUT2D eigenvalue weighted by molar-refractivity contribution is -0.289. The minimum atomic E-state index is -1.13. The molecule has 3 heteroatoms. The van der Waals surface area contributed by atoms with Crippen molar-refractivity contribution in [2.75, 3.05) is 0 Å². The summed E-state index contributed by atoms with van der Waals surface area (Å²) in [5.41, 5.74) is -1.88. The quantitative estimate of drug-likeness (QED) is 0.697. The molecule has 3 nitrogen and oxygen atoms in total. The molecule has 1 unspecified atom stereocenters. The summed E-state index contributed by atoms with van der Waals surface area (Å²) in [4.78, 5) is 0. The van der Waals surface area contributed by atoms with Crippen LogP contribution in [0.1, 0.15) is 59.8 Å². The number of rotatable bonds is 0. The third-order valence-electron chi connectivity index (χ3n) is 6.41. The number of hydrogen-bond acceptors (Lipinski definition) is 3. The highest BCUT2D eigenvalue weighted by Crippen LogP contribution is 2.66. The molecule has 0 aromatic carbocycles. The lowest BCUT2D eigenvalue weighted by Crippen LogP contribution is -2.70. The zero-order valence-electron chi connectivity index (χ0n) is 12.0. The van der Waals surface area contributed by atoms with Crippen LogP contribution < -0.4 is 0 Å². The van der Waals surface area contributed by atoms with Crippen LogP contribution in [0.15, 0.2) is 0 Å². The van der Waals surface area contributed by atoms with E-state index in [4.69, 9.17) is 4.74 Å². The Morgan fingerprint density at radius 3 is 2.33 bits per heavy atom. The van der Waals surface area contributed by atoms with Gasteiger partial charge in [0, 0.05) is 0 Å². The summed E-state index contributed by atoms with van der Waals surface area (Å²) in [6.45, 7) is 8.29. The van der Waals surface area contributed by atoms with Crippen molar-refractivity contribution in [3.8, 4) is 0 Å². The van der Waals surface area contributed by atoms with Crippen molar-refractivity contribution in [3.05, 3.63) is 0 Å². The van der Waals surface area contributed by atoms with Gasteiger partial charge in [0.1, 0.15) is 11.2 Å². The van der Waals surface area contributed by atoms with Gasteiger partial charge in [0.25, 0.3) is 0 Å². The molecular weight excluding hydrogens is 228 g/mol. The average Bonchev–Trinajstić information content (AvgIpc) is 2.50. The molecule has 3 aliphatic rings. The van der Waals surface area contributed by atoms with E-state index in [0.29, 0.717) is 12.3 Å². The van der Waals surface area contributed by atoms with Crippen LogP contribution in [0.3, 0.4) is 0 Å². The topological polar surface area (TPSA) is 49.7 Å². The van der Waals surface area contributed by atoms with Crippen LogP contribution in [0.2, 0.25) is 0 Å². The standard InChI is InChI=1S/C15H26O3/c1-12(2)10-5-7-13(3)8-6-11(16)14(4,17)15(13,9-10)18-12/h10-11,16-17H,5-9H2,1-4H3/t10-,11+,13?,14-,15-/m1/s1. The molecule has 3 fully saturated rings. The van der Waals surface area contributed by atoms with E-state index in [1.165, 1.54) is 6.42 Å². The summed E-state index contributed by atoms with van der Waals surface area (Å²) in [5.74, 6) is 0.502. The molecule has 2 bridgehead atoms. The Morgan fingerprint density at radius 1 is 1.06 bits per heavy atom. The Kier molecular flexibility index (Phi) is 2.37. The van der Waals surface area contributed by atoms with Crippen LogP contribution in [0.25, 0.3) is 0 Å². The Bertz CT molecular complexity index is 369. The lowest BCUT2D eigenvalue weighted by atomic mass is 9.50. The predicted molar refractivity (Wildman–Crippen MR) is 69.2 cm³/mol. The van der Waals surface area contributed by atoms with Gasteiger partial charge in [-0.15, -0.1) is 0 Å². The van der Waals surface area contributed by atoms with Gasteiger partial charge in [-0.25, -0.2) is 0 Å². The molecule has 0 amide bonds. The van der Waals surface area contributed by atoms with Crippen LogP contribution in [0.5, 0.6) is 0 Å². The molecule has 1 saturated heterocycles. The third-order valence-corrected chi connectivity index (χ3v) is 6.41. The SMILES string of the molecule is CC1(C)O[C@]23C[C@H]1CCC2(C)CC[C@H](O)[C@@]3(C)O. The fraction of sp³-hybridized carbons (Fsp3) is 1.00. The second-order valence-corrected chi connectivity index (χ2v) is 7.73. The fourth-order valence-electron chi connectivity index (χ4n) is 4.93. The first-order valence-corrected chi connectivity index (χ1v) is 7.25. The Hall–Kier alpha value is -0.120. The van der Waals surface area contributed by atoms with Crippen LogP contribution in [-0.2, 0) is 4.74 Å². The molecule has 18 heavy (non-hydrogen) atoms. The average molecular weight is 254 g/mol. The molecular formula is C15H26O3.